The molecule has 88 valence electrons. The number of likely N-dealkylation sites (tertiary alicyclic amines) is 1. The minimum Gasteiger partial charge on any atom is -0.394 e. The molecule has 4 N–H and O–H groups in total. The highest BCUT2D eigenvalue weighted by molar-refractivity contribution is 7.89. The molecule has 0 aliphatic carbocycles. The maximum absolute atomic E-state index is 11.3. The molecule has 1 aliphatic heterocycles. The van der Waals surface area contributed by atoms with Crippen LogP contribution in [0.5, 0.6) is 0 Å². The molecule has 1 rings (SSSR count). The summed E-state index contributed by atoms with van der Waals surface area (Å²) in [6.07, 6.45) is -1.20. The van der Waals surface area contributed by atoms with Gasteiger partial charge in [0.1, 0.15) is 5.25 Å². The second-order valence-electron chi connectivity index (χ2n) is 3.55. The Hall–Kier alpha value is -0.700. The fourth-order valence-corrected chi connectivity index (χ4v) is 2.21. The third kappa shape index (κ3) is 3.13. The van der Waals surface area contributed by atoms with Gasteiger partial charge in [-0.25, -0.2) is 13.6 Å². The van der Waals surface area contributed by atoms with Crippen molar-refractivity contribution in [3.63, 3.8) is 0 Å². The Morgan fingerprint density at radius 2 is 2.20 bits per heavy atom. The fourth-order valence-electron chi connectivity index (χ4n) is 1.44. The van der Waals surface area contributed by atoms with Gasteiger partial charge in [-0.2, -0.15) is 0 Å². The minimum absolute atomic E-state index is 0.0191. The fraction of sp³-hybridized carbons (Fsp3) is 0.857. The Balaban J connectivity index is 2.61. The quantitative estimate of drug-likeness (QED) is 0.489. The van der Waals surface area contributed by atoms with Crippen LogP contribution in [0, 0.1) is 0 Å². The Bertz CT molecular complexity index is 341. The van der Waals surface area contributed by atoms with Gasteiger partial charge in [0, 0.05) is 19.5 Å². The summed E-state index contributed by atoms with van der Waals surface area (Å²) >= 11 is 0. The van der Waals surface area contributed by atoms with Crippen molar-refractivity contribution in [3.05, 3.63) is 0 Å². The number of rotatable bonds is 4. The molecule has 1 aliphatic rings. The van der Waals surface area contributed by atoms with Gasteiger partial charge in [0.05, 0.1) is 12.7 Å². The highest BCUT2D eigenvalue weighted by atomic mass is 32.2. The first-order valence-electron chi connectivity index (χ1n) is 4.43. The summed E-state index contributed by atoms with van der Waals surface area (Å²) in [4.78, 5) is 12.5. The first-order chi connectivity index (χ1) is 6.84. The number of nitrogens with two attached hydrogens (primary N) is 1. The minimum atomic E-state index is -3.72. The smallest absolute Gasteiger partial charge is 0.224 e. The van der Waals surface area contributed by atoms with Crippen LogP contribution in [0.1, 0.15) is 6.42 Å². The zero-order valence-electron chi connectivity index (χ0n) is 8.04. The van der Waals surface area contributed by atoms with Crippen molar-refractivity contribution in [1.29, 1.82) is 0 Å². The number of amides is 1. The molecule has 0 aromatic rings. The molecular weight excluding hydrogens is 224 g/mol. The number of hydrogen-bond donors (Lipinski definition) is 3. The van der Waals surface area contributed by atoms with Crippen LogP contribution in [0.15, 0.2) is 0 Å². The van der Waals surface area contributed by atoms with E-state index in [0.717, 1.165) is 0 Å². The average Bonchev–Trinajstić information content (AvgIpc) is 2.47. The molecule has 0 bridgehead atoms. The van der Waals surface area contributed by atoms with Gasteiger partial charge in [-0.15, -0.1) is 0 Å². The molecule has 1 fully saturated rings. The molecule has 1 heterocycles. The number of hydrogen-bond acceptors (Lipinski definition) is 5. The van der Waals surface area contributed by atoms with Crippen LogP contribution in [0.4, 0.5) is 0 Å². The van der Waals surface area contributed by atoms with Gasteiger partial charge in [-0.05, 0) is 0 Å². The van der Waals surface area contributed by atoms with Crippen molar-refractivity contribution < 1.29 is 23.4 Å². The lowest BCUT2D eigenvalue weighted by atomic mass is 10.3. The molecule has 0 aromatic heterocycles. The van der Waals surface area contributed by atoms with Crippen LogP contribution < -0.4 is 5.14 Å². The molecule has 0 saturated carbocycles. The van der Waals surface area contributed by atoms with E-state index in [4.69, 9.17) is 15.4 Å². The van der Waals surface area contributed by atoms with E-state index in [1.807, 2.05) is 0 Å². The van der Waals surface area contributed by atoms with E-state index in [1.165, 1.54) is 4.90 Å². The van der Waals surface area contributed by atoms with Crippen LogP contribution in [-0.2, 0) is 14.8 Å². The molecule has 0 radical (unpaired) electrons. The van der Waals surface area contributed by atoms with E-state index in [0.29, 0.717) is 0 Å². The maximum atomic E-state index is 11.3. The predicted octanol–water partition coefficient (Wildman–Crippen LogP) is -2.77. The van der Waals surface area contributed by atoms with Crippen molar-refractivity contribution in [2.24, 2.45) is 5.14 Å². The molecule has 0 spiro atoms. The van der Waals surface area contributed by atoms with Crippen LogP contribution in [0.3, 0.4) is 0 Å². The highest BCUT2D eigenvalue weighted by Crippen LogP contribution is 2.16. The van der Waals surface area contributed by atoms with E-state index < -0.39 is 28.0 Å². The molecule has 1 unspecified atom stereocenters. The number of sulfonamides is 1. The lowest BCUT2D eigenvalue weighted by Gasteiger charge is -2.18. The Kier molecular flexibility index (Phi) is 3.66. The molecule has 1 amide bonds. The van der Waals surface area contributed by atoms with E-state index in [-0.39, 0.29) is 25.4 Å². The monoisotopic (exact) mass is 238 g/mol. The van der Waals surface area contributed by atoms with Gasteiger partial charge in [0.15, 0.2) is 0 Å². The summed E-state index contributed by atoms with van der Waals surface area (Å²) in [6.45, 7) is -0.556. The van der Waals surface area contributed by atoms with Gasteiger partial charge >= 0.3 is 0 Å². The number of carbonyl (C=O) groups excluding carboxylic acids is 1. The van der Waals surface area contributed by atoms with E-state index in [2.05, 4.69) is 0 Å². The second kappa shape index (κ2) is 4.44. The average molecular weight is 238 g/mol. The second-order valence-corrected chi connectivity index (χ2v) is 5.39. The Morgan fingerprint density at radius 3 is 2.60 bits per heavy atom. The number of primary sulfonamides is 1. The third-order valence-electron chi connectivity index (χ3n) is 2.29. The summed E-state index contributed by atoms with van der Waals surface area (Å²) in [5.74, 6) is -0.374. The number of nitrogens with zero attached hydrogens (tertiary/aromatic N) is 1. The molecule has 8 heteroatoms. The van der Waals surface area contributed by atoms with Crippen LogP contribution >= 0.6 is 0 Å². The lowest BCUT2D eigenvalue weighted by Crippen LogP contribution is -2.37. The summed E-state index contributed by atoms with van der Waals surface area (Å²) in [6, 6.07) is 0. The zero-order valence-corrected chi connectivity index (χ0v) is 8.85. The van der Waals surface area contributed by atoms with Crippen LogP contribution in [0.25, 0.3) is 0 Å². The van der Waals surface area contributed by atoms with Gasteiger partial charge in [0.2, 0.25) is 15.9 Å². The summed E-state index contributed by atoms with van der Waals surface area (Å²) in [7, 11) is -3.72. The standard InChI is InChI=1S/C7H14N2O5S/c8-15(13,14)6-1-7(12)9(3-6)2-5(11)4-10/h5-6,10-11H,1-4H2,(H2,8,13,14)/t5-,6?/m1/s1. The number of β-amino-alcohol motifs (C(OH)–C–C–N with tert-alkyl or cyclic N) is 1. The highest BCUT2D eigenvalue weighted by Gasteiger charge is 2.36. The summed E-state index contributed by atoms with van der Waals surface area (Å²) < 4.78 is 21.9. The van der Waals surface area contributed by atoms with Crippen LogP contribution in [0.2, 0.25) is 0 Å². The third-order valence-corrected chi connectivity index (χ3v) is 3.53. The number of carbonyl (C=O) groups is 1. The Labute approximate surface area is 87.5 Å². The van der Waals surface area contributed by atoms with Gasteiger partial charge < -0.3 is 15.1 Å². The molecule has 15 heavy (non-hydrogen) atoms. The van der Waals surface area contributed by atoms with E-state index in [9.17, 15) is 13.2 Å². The van der Waals surface area contributed by atoms with Crippen molar-refractivity contribution in [3.8, 4) is 0 Å². The van der Waals surface area contributed by atoms with E-state index in [1.54, 1.807) is 0 Å². The van der Waals surface area contributed by atoms with Gasteiger partial charge in [-0.1, -0.05) is 0 Å². The van der Waals surface area contributed by atoms with E-state index >= 15 is 0 Å². The molecule has 2 atom stereocenters. The zero-order chi connectivity index (χ0) is 11.6. The summed E-state index contributed by atoms with van der Waals surface area (Å²) in [5, 5.41) is 21.7. The van der Waals surface area contributed by atoms with Crippen molar-refractivity contribution in [1.82, 2.24) is 4.90 Å². The normalized spacial score (nSPS) is 24.6. The van der Waals surface area contributed by atoms with Crippen LogP contribution in [-0.4, -0.2) is 60.5 Å². The molecule has 0 aromatic carbocycles. The van der Waals surface area contributed by atoms with Gasteiger partial charge in [-0.3, -0.25) is 4.79 Å². The molecule has 1 saturated heterocycles. The van der Waals surface area contributed by atoms with Crippen molar-refractivity contribution >= 4 is 15.9 Å². The van der Waals surface area contributed by atoms with Crippen molar-refractivity contribution in [2.75, 3.05) is 19.7 Å². The lowest BCUT2D eigenvalue weighted by molar-refractivity contribution is -0.129. The topological polar surface area (TPSA) is 121 Å². The largest absolute Gasteiger partial charge is 0.394 e. The first-order valence-corrected chi connectivity index (χ1v) is 6.04. The maximum Gasteiger partial charge on any atom is 0.224 e. The molecular formula is C7H14N2O5S. The first kappa shape index (κ1) is 12.4. The SMILES string of the molecule is NS(=O)(=O)C1CC(=O)N(C[C@@H](O)CO)C1. The number of aliphatic hydroxyl groups is 2. The van der Waals surface area contributed by atoms with Gasteiger partial charge in [0.25, 0.3) is 0 Å². The van der Waals surface area contributed by atoms with Crippen molar-refractivity contribution in [2.45, 2.75) is 17.8 Å². The predicted molar refractivity (Wildman–Crippen MR) is 51.2 cm³/mol. The molecule has 7 nitrogen and oxygen atoms in total. The Morgan fingerprint density at radius 1 is 1.60 bits per heavy atom. The summed E-state index contributed by atoms with van der Waals surface area (Å²) in [5.41, 5.74) is 0. The number of aliphatic hydroxyl groups excluding tert-OH is 2.